The summed E-state index contributed by atoms with van der Waals surface area (Å²) in [6.07, 6.45) is 0.527. The van der Waals surface area contributed by atoms with Gasteiger partial charge in [0.25, 0.3) is 0 Å². The van der Waals surface area contributed by atoms with Crippen LogP contribution in [-0.4, -0.2) is 36.1 Å². The van der Waals surface area contributed by atoms with Crippen molar-refractivity contribution in [1.82, 2.24) is 0 Å². The van der Waals surface area contributed by atoms with Crippen LogP contribution in [0.1, 0.15) is 12.5 Å². The molecule has 0 aromatic heterocycles. The van der Waals surface area contributed by atoms with Crippen LogP contribution in [0.25, 0.3) is 0 Å². The number of carbonyl (C=O) groups excluding carboxylic acids is 1. The Bertz CT molecular complexity index is 465. The van der Waals surface area contributed by atoms with E-state index in [-0.39, 0.29) is 5.97 Å². The maximum Gasteiger partial charge on any atom is 0.394 e. The fourth-order valence-electron chi connectivity index (χ4n) is 1.20. The van der Waals surface area contributed by atoms with Crippen molar-refractivity contribution in [1.29, 1.82) is 0 Å². The van der Waals surface area contributed by atoms with Crippen molar-refractivity contribution >= 4 is 16.4 Å². The molecule has 0 bridgehead atoms. The highest BCUT2D eigenvalue weighted by Crippen LogP contribution is 2.02. The number of nitrogens with two attached hydrogens (primary N) is 1. The maximum atomic E-state index is 11.2. The van der Waals surface area contributed by atoms with E-state index < -0.39 is 16.4 Å². The lowest BCUT2D eigenvalue weighted by Crippen LogP contribution is -2.34. The van der Waals surface area contributed by atoms with Crippen molar-refractivity contribution in [2.45, 2.75) is 19.4 Å². The monoisotopic (exact) mass is 291 g/mol. The molecule has 8 heteroatoms. The van der Waals surface area contributed by atoms with Crippen molar-refractivity contribution in [2.75, 3.05) is 6.61 Å². The summed E-state index contributed by atoms with van der Waals surface area (Å²) in [5.41, 5.74) is 6.71. The summed E-state index contributed by atoms with van der Waals surface area (Å²) in [6.45, 7) is 2.15. The fourth-order valence-corrected chi connectivity index (χ4v) is 1.20. The van der Waals surface area contributed by atoms with Crippen molar-refractivity contribution in [3.05, 3.63) is 35.9 Å². The van der Waals surface area contributed by atoms with Crippen LogP contribution in [0, 0.1) is 0 Å². The second-order valence-corrected chi connectivity index (χ2v) is 4.39. The Morgan fingerprint density at radius 1 is 1.32 bits per heavy atom. The van der Waals surface area contributed by atoms with Gasteiger partial charge < -0.3 is 10.5 Å². The van der Waals surface area contributed by atoms with Gasteiger partial charge in [-0.05, 0) is 18.9 Å². The Balaban J connectivity index is 0.000000555. The maximum absolute atomic E-state index is 11.2. The van der Waals surface area contributed by atoms with E-state index in [0.29, 0.717) is 13.0 Å². The minimum absolute atomic E-state index is 0.337. The second-order valence-electron chi connectivity index (χ2n) is 3.50. The zero-order valence-corrected chi connectivity index (χ0v) is 11.2. The predicted molar refractivity (Wildman–Crippen MR) is 68.9 cm³/mol. The van der Waals surface area contributed by atoms with E-state index in [1.807, 2.05) is 30.3 Å². The van der Waals surface area contributed by atoms with Crippen molar-refractivity contribution in [2.24, 2.45) is 5.73 Å². The third-order valence-corrected chi connectivity index (χ3v) is 1.89. The molecule has 0 saturated heterocycles. The quantitative estimate of drug-likeness (QED) is 0.543. The first-order valence-electron chi connectivity index (χ1n) is 5.40. The molecule has 108 valence electrons. The Kier molecular flexibility index (Phi) is 7.92. The van der Waals surface area contributed by atoms with E-state index >= 15 is 0 Å². The highest BCUT2D eigenvalue weighted by molar-refractivity contribution is 7.79. The lowest BCUT2D eigenvalue weighted by molar-refractivity contribution is -0.144. The smallest absolute Gasteiger partial charge is 0.394 e. The van der Waals surface area contributed by atoms with Crippen molar-refractivity contribution in [3.63, 3.8) is 0 Å². The average molecular weight is 291 g/mol. The molecule has 0 radical (unpaired) electrons. The van der Waals surface area contributed by atoms with E-state index in [0.717, 1.165) is 5.56 Å². The van der Waals surface area contributed by atoms with Crippen LogP contribution >= 0.6 is 0 Å². The topological polar surface area (TPSA) is 127 Å². The zero-order valence-electron chi connectivity index (χ0n) is 10.4. The highest BCUT2D eigenvalue weighted by Gasteiger charge is 2.14. The Morgan fingerprint density at radius 2 is 1.79 bits per heavy atom. The third kappa shape index (κ3) is 11.3. The molecule has 0 spiro atoms. The molecule has 0 amide bonds. The van der Waals surface area contributed by atoms with Crippen LogP contribution in [0.5, 0.6) is 0 Å². The van der Waals surface area contributed by atoms with Gasteiger partial charge in [0.1, 0.15) is 6.04 Å². The van der Waals surface area contributed by atoms with Crippen LogP contribution in [0.15, 0.2) is 30.3 Å². The van der Waals surface area contributed by atoms with Crippen molar-refractivity contribution < 1.29 is 27.1 Å². The fraction of sp³-hybridized carbons (Fsp3) is 0.364. The van der Waals surface area contributed by atoms with Gasteiger partial charge in [-0.25, -0.2) is 0 Å². The Hall–Kier alpha value is -1.48. The first kappa shape index (κ1) is 17.5. The molecule has 1 aromatic rings. The second kappa shape index (κ2) is 8.59. The molecule has 1 aromatic carbocycles. The summed E-state index contributed by atoms with van der Waals surface area (Å²) in [7, 11) is -4.67. The van der Waals surface area contributed by atoms with E-state index in [4.69, 9.17) is 28.0 Å². The van der Waals surface area contributed by atoms with Gasteiger partial charge in [0.05, 0.1) is 6.61 Å². The molecular weight excluding hydrogens is 274 g/mol. The Morgan fingerprint density at radius 3 is 2.21 bits per heavy atom. The number of hydrogen-bond acceptors (Lipinski definition) is 5. The van der Waals surface area contributed by atoms with Gasteiger partial charge in [-0.2, -0.15) is 8.42 Å². The number of esters is 1. The van der Waals surface area contributed by atoms with Crippen LogP contribution in [0.3, 0.4) is 0 Å². The Labute approximate surface area is 112 Å². The molecule has 4 N–H and O–H groups in total. The number of hydrogen-bond donors (Lipinski definition) is 3. The average Bonchev–Trinajstić information content (AvgIpc) is 2.28. The largest absolute Gasteiger partial charge is 0.465 e. The molecule has 1 atom stereocenters. The predicted octanol–water partition coefficient (Wildman–Crippen LogP) is 0.467. The summed E-state index contributed by atoms with van der Waals surface area (Å²) in [5, 5.41) is 0. The normalized spacial score (nSPS) is 12.0. The van der Waals surface area contributed by atoms with Crippen LogP contribution < -0.4 is 5.73 Å². The van der Waals surface area contributed by atoms with Gasteiger partial charge in [0.15, 0.2) is 0 Å². The molecule has 0 aliphatic carbocycles. The van der Waals surface area contributed by atoms with Gasteiger partial charge in [-0.1, -0.05) is 30.3 Å². The number of ether oxygens (including phenoxy) is 1. The van der Waals surface area contributed by atoms with Crippen LogP contribution in [-0.2, 0) is 26.4 Å². The molecule has 0 heterocycles. The van der Waals surface area contributed by atoms with Crippen molar-refractivity contribution in [3.8, 4) is 0 Å². The zero-order chi connectivity index (χ0) is 14.9. The number of carbonyl (C=O) groups is 1. The molecule has 0 aliphatic rings. The minimum atomic E-state index is -4.67. The van der Waals surface area contributed by atoms with Gasteiger partial charge in [-0.3, -0.25) is 13.9 Å². The SMILES string of the molecule is CCOC(=O)C(N)Cc1ccccc1.O=S(=O)(O)O. The van der Waals surface area contributed by atoms with Crippen LogP contribution in [0.2, 0.25) is 0 Å². The van der Waals surface area contributed by atoms with Gasteiger partial charge in [0.2, 0.25) is 0 Å². The molecule has 19 heavy (non-hydrogen) atoms. The molecule has 0 saturated carbocycles. The number of benzene rings is 1. The van der Waals surface area contributed by atoms with E-state index in [2.05, 4.69) is 0 Å². The molecule has 1 rings (SSSR count). The minimum Gasteiger partial charge on any atom is -0.465 e. The third-order valence-electron chi connectivity index (χ3n) is 1.89. The highest BCUT2D eigenvalue weighted by atomic mass is 32.3. The van der Waals surface area contributed by atoms with Gasteiger partial charge >= 0.3 is 16.4 Å². The van der Waals surface area contributed by atoms with Gasteiger partial charge in [-0.15, -0.1) is 0 Å². The lowest BCUT2D eigenvalue weighted by atomic mass is 10.1. The lowest BCUT2D eigenvalue weighted by Gasteiger charge is -2.09. The van der Waals surface area contributed by atoms with E-state index in [9.17, 15) is 4.79 Å². The standard InChI is InChI=1S/C11H15NO2.H2O4S/c1-2-14-11(13)10(12)8-9-6-4-3-5-7-9;1-5(2,3)4/h3-7,10H,2,8,12H2,1H3;(H2,1,2,3,4). The van der Waals surface area contributed by atoms with Crippen LogP contribution in [0.4, 0.5) is 0 Å². The molecular formula is C11H17NO6S. The first-order valence-corrected chi connectivity index (χ1v) is 6.79. The molecule has 0 fully saturated rings. The molecule has 0 aliphatic heterocycles. The van der Waals surface area contributed by atoms with E-state index in [1.165, 1.54) is 0 Å². The molecule has 7 nitrogen and oxygen atoms in total. The summed E-state index contributed by atoms with van der Waals surface area (Å²) >= 11 is 0. The molecule has 1 unspecified atom stereocenters. The first-order chi connectivity index (χ1) is 8.74. The summed E-state index contributed by atoms with van der Waals surface area (Å²) in [4.78, 5) is 11.2. The van der Waals surface area contributed by atoms with E-state index in [1.54, 1.807) is 6.92 Å². The van der Waals surface area contributed by atoms with Gasteiger partial charge in [0, 0.05) is 0 Å². The summed E-state index contributed by atoms with van der Waals surface area (Å²) in [6, 6.07) is 9.11. The summed E-state index contributed by atoms with van der Waals surface area (Å²) < 4.78 is 36.4. The number of rotatable bonds is 4. The summed E-state index contributed by atoms with van der Waals surface area (Å²) in [5.74, 6) is -0.337.